The van der Waals surface area contributed by atoms with Gasteiger partial charge >= 0.3 is 0 Å². The molecule has 0 saturated carbocycles. The number of hydrogen-bond donors (Lipinski definition) is 2. The second-order valence-electron chi connectivity index (χ2n) is 3.86. The summed E-state index contributed by atoms with van der Waals surface area (Å²) in [6.45, 7) is 1.82. The highest BCUT2D eigenvalue weighted by atomic mass is 35.5. The molecule has 1 saturated heterocycles. The molecule has 1 aromatic heterocycles. The summed E-state index contributed by atoms with van der Waals surface area (Å²) in [4.78, 5) is 1.18. The van der Waals surface area contributed by atoms with Gasteiger partial charge in [-0.05, 0) is 38.1 Å². The van der Waals surface area contributed by atoms with Crippen molar-refractivity contribution in [2.24, 2.45) is 0 Å². The van der Waals surface area contributed by atoms with Crippen LogP contribution in [0.3, 0.4) is 0 Å². The van der Waals surface area contributed by atoms with Crippen molar-refractivity contribution < 1.29 is 5.11 Å². The average molecular weight is 232 g/mol. The van der Waals surface area contributed by atoms with Gasteiger partial charge in [-0.15, -0.1) is 11.3 Å². The number of aliphatic hydroxyl groups is 1. The first-order chi connectivity index (χ1) is 6.68. The standard InChI is InChI=1S/C10H14ClNOS/c11-9-2-1-8(14-9)7-10(13)3-5-12-6-4-10/h1-2,12-13H,3-7H2. The number of piperidine rings is 1. The largest absolute Gasteiger partial charge is 0.389 e. The van der Waals surface area contributed by atoms with E-state index in [0.29, 0.717) is 0 Å². The van der Waals surface area contributed by atoms with Gasteiger partial charge in [0.1, 0.15) is 0 Å². The smallest absolute Gasteiger partial charge is 0.0931 e. The molecule has 0 amide bonds. The molecule has 0 unspecified atom stereocenters. The number of nitrogens with one attached hydrogen (secondary N) is 1. The van der Waals surface area contributed by atoms with Gasteiger partial charge in [-0.1, -0.05) is 11.6 Å². The number of thiophene rings is 1. The van der Waals surface area contributed by atoms with E-state index >= 15 is 0 Å². The molecular weight excluding hydrogens is 218 g/mol. The number of hydrogen-bond acceptors (Lipinski definition) is 3. The minimum atomic E-state index is -0.514. The maximum atomic E-state index is 10.3. The molecule has 1 aliphatic heterocycles. The first-order valence-electron chi connectivity index (χ1n) is 4.85. The molecule has 0 aromatic carbocycles. The van der Waals surface area contributed by atoms with Crippen molar-refractivity contribution in [1.29, 1.82) is 0 Å². The lowest BCUT2D eigenvalue weighted by atomic mass is 9.88. The van der Waals surface area contributed by atoms with E-state index in [2.05, 4.69) is 5.32 Å². The van der Waals surface area contributed by atoms with Gasteiger partial charge in [-0.3, -0.25) is 0 Å². The zero-order valence-corrected chi connectivity index (χ0v) is 9.50. The summed E-state index contributed by atoms with van der Waals surface area (Å²) < 4.78 is 0.803. The van der Waals surface area contributed by atoms with Crippen LogP contribution < -0.4 is 5.32 Å². The summed E-state index contributed by atoms with van der Waals surface area (Å²) in [6.07, 6.45) is 2.41. The fourth-order valence-corrected chi connectivity index (χ4v) is 3.06. The van der Waals surface area contributed by atoms with Gasteiger partial charge in [0.15, 0.2) is 0 Å². The molecule has 0 aliphatic carbocycles. The number of rotatable bonds is 2. The van der Waals surface area contributed by atoms with Crippen LogP contribution in [-0.2, 0) is 6.42 Å². The molecule has 2 nitrogen and oxygen atoms in total. The highest BCUT2D eigenvalue weighted by Gasteiger charge is 2.29. The third kappa shape index (κ3) is 2.48. The van der Waals surface area contributed by atoms with Crippen LogP contribution in [-0.4, -0.2) is 23.8 Å². The summed E-state index contributed by atoms with van der Waals surface area (Å²) >= 11 is 7.41. The van der Waals surface area contributed by atoms with E-state index in [4.69, 9.17) is 11.6 Å². The SMILES string of the molecule is OC1(Cc2ccc(Cl)s2)CCNCC1. The van der Waals surface area contributed by atoms with E-state index in [-0.39, 0.29) is 0 Å². The highest BCUT2D eigenvalue weighted by molar-refractivity contribution is 7.16. The van der Waals surface area contributed by atoms with Crippen molar-refractivity contribution in [2.75, 3.05) is 13.1 Å². The summed E-state index contributed by atoms with van der Waals surface area (Å²) in [5.41, 5.74) is -0.514. The Balaban J connectivity index is 2.01. The predicted molar refractivity (Wildman–Crippen MR) is 60.1 cm³/mol. The molecule has 78 valence electrons. The van der Waals surface area contributed by atoms with Crippen molar-refractivity contribution in [3.05, 3.63) is 21.3 Å². The first kappa shape index (κ1) is 10.4. The van der Waals surface area contributed by atoms with Crippen molar-refractivity contribution in [1.82, 2.24) is 5.32 Å². The van der Waals surface area contributed by atoms with Gasteiger partial charge in [0.2, 0.25) is 0 Å². The lowest BCUT2D eigenvalue weighted by molar-refractivity contribution is 0.0116. The molecule has 1 fully saturated rings. The zero-order valence-electron chi connectivity index (χ0n) is 7.92. The van der Waals surface area contributed by atoms with E-state index in [9.17, 15) is 5.11 Å². The van der Waals surface area contributed by atoms with Gasteiger partial charge in [0.25, 0.3) is 0 Å². The maximum Gasteiger partial charge on any atom is 0.0931 e. The summed E-state index contributed by atoms with van der Waals surface area (Å²) in [6, 6.07) is 3.90. The van der Waals surface area contributed by atoms with E-state index in [0.717, 1.165) is 36.7 Å². The Hall–Kier alpha value is -0.0900. The second kappa shape index (κ2) is 4.19. The van der Waals surface area contributed by atoms with Crippen LogP contribution >= 0.6 is 22.9 Å². The molecule has 2 heterocycles. The van der Waals surface area contributed by atoms with E-state index in [1.54, 1.807) is 11.3 Å². The molecule has 2 N–H and O–H groups in total. The molecule has 0 bridgehead atoms. The molecule has 1 aliphatic rings. The normalized spacial score (nSPS) is 21.0. The molecule has 0 atom stereocenters. The quantitative estimate of drug-likeness (QED) is 0.817. The lowest BCUT2D eigenvalue weighted by Crippen LogP contribution is -2.43. The van der Waals surface area contributed by atoms with Crippen molar-refractivity contribution in [2.45, 2.75) is 24.9 Å². The molecule has 1 aromatic rings. The fraction of sp³-hybridized carbons (Fsp3) is 0.600. The van der Waals surface area contributed by atoms with Crippen LogP contribution in [0.25, 0.3) is 0 Å². The molecule has 4 heteroatoms. The summed E-state index contributed by atoms with van der Waals surface area (Å²) in [5, 5.41) is 13.5. The monoisotopic (exact) mass is 231 g/mol. The van der Waals surface area contributed by atoms with Crippen molar-refractivity contribution >= 4 is 22.9 Å². The third-order valence-corrected chi connectivity index (χ3v) is 3.90. The van der Waals surface area contributed by atoms with Crippen LogP contribution in [0.1, 0.15) is 17.7 Å². The van der Waals surface area contributed by atoms with Crippen LogP contribution in [0, 0.1) is 0 Å². The lowest BCUT2D eigenvalue weighted by Gasteiger charge is -2.32. The van der Waals surface area contributed by atoms with Crippen molar-refractivity contribution in [3.63, 3.8) is 0 Å². The van der Waals surface area contributed by atoms with E-state index < -0.39 is 5.60 Å². The Morgan fingerprint density at radius 2 is 2.14 bits per heavy atom. The molecule has 14 heavy (non-hydrogen) atoms. The summed E-state index contributed by atoms with van der Waals surface area (Å²) in [7, 11) is 0. The molecule has 0 spiro atoms. The predicted octanol–water partition coefficient (Wildman–Crippen LogP) is 2.06. The van der Waals surface area contributed by atoms with Crippen LogP contribution in [0.2, 0.25) is 4.34 Å². The zero-order chi connectivity index (χ0) is 10.0. The summed E-state index contributed by atoms with van der Waals surface area (Å²) in [5.74, 6) is 0. The van der Waals surface area contributed by atoms with E-state index in [1.807, 2.05) is 12.1 Å². The Labute approximate surface area is 92.9 Å². The van der Waals surface area contributed by atoms with Crippen LogP contribution in [0.5, 0.6) is 0 Å². The Morgan fingerprint density at radius 1 is 1.43 bits per heavy atom. The molecular formula is C10H14ClNOS. The molecule has 0 radical (unpaired) electrons. The topological polar surface area (TPSA) is 32.3 Å². The maximum absolute atomic E-state index is 10.3. The fourth-order valence-electron chi connectivity index (χ4n) is 1.84. The van der Waals surface area contributed by atoms with Gasteiger partial charge in [-0.2, -0.15) is 0 Å². The van der Waals surface area contributed by atoms with E-state index in [1.165, 1.54) is 4.88 Å². The Morgan fingerprint density at radius 3 is 2.71 bits per heavy atom. The minimum Gasteiger partial charge on any atom is -0.389 e. The average Bonchev–Trinajstić information content (AvgIpc) is 2.51. The Bertz CT molecular complexity index is 307. The van der Waals surface area contributed by atoms with Gasteiger partial charge in [-0.25, -0.2) is 0 Å². The highest BCUT2D eigenvalue weighted by Crippen LogP contribution is 2.29. The van der Waals surface area contributed by atoms with Crippen LogP contribution in [0.4, 0.5) is 0 Å². The van der Waals surface area contributed by atoms with Gasteiger partial charge in [0.05, 0.1) is 9.94 Å². The minimum absolute atomic E-state index is 0.514. The van der Waals surface area contributed by atoms with Crippen LogP contribution in [0.15, 0.2) is 12.1 Å². The Kier molecular flexibility index (Phi) is 3.12. The van der Waals surface area contributed by atoms with Crippen molar-refractivity contribution in [3.8, 4) is 0 Å². The molecule has 2 rings (SSSR count). The first-order valence-corrected chi connectivity index (χ1v) is 6.05. The number of halogens is 1. The van der Waals surface area contributed by atoms with Gasteiger partial charge < -0.3 is 10.4 Å². The second-order valence-corrected chi connectivity index (χ2v) is 5.66. The third-order valence-electron chi connectivity index (χ3n) is 2.67. The van der Waals surface area contributed by atoms with Gasteiger partial charge in [0, 0.05) is 11.3 Å².